The van der Waals surface area contributed by atoms with Crippen molar-refractivity contribution in [3.05, 3.63) is 0 Å². The minimum absolute atomic E-state index is 0.720. The van der Waals surface area contributed by atoms with Crippen molar-refractivity contribution < 1.29 is 19.1 Å². The van der Waals surface area contributed by atoms with E-state index in [1.54, 1.807) is 20.8 Å². The highest BCUT2D eigenvalue weighted by Gasteiger charge is 2.32. The van der Waals surface area contributed by atoms with Crippen LogP contribution in [-0.4, -0.2) is 35.7 Å². The molecular formula is C9H14ClNO4. The van der Waals surface area contributed by atoms with Gasteiger partial charge in [0.05, 0.1) is 0 Å². The highest BCUT2D eigenvalue weighted by Crippen LogP contribution is 2.10. The fourth-order valence-corrected chi connectivity index (χ4v) is 0.880. The summed E-state index contributed by atoms with van der Waals surface area (Å²) in [6.07, 6.45) is -1.46. The first-order valence-corrected chi connectivity index (χ1v) is 4.60. The number of ketones is 1. The van der Waals surface area contributed by atoms with Gasteiger partial charge in [-0.3, -0.25) is 10.2 Å². The third kappa shape index (κ3) is 4.90. The van der Waals surface area contributed by atoms with E-state index in [9.17, 15) is 9.59 Å². The fraction of sp³-hybridized carbons (Fsp3) is 0.667. The van der Waals surface area contributed by atoms with Crippen LogP contribution in [0.25, 0.3) is 0 Å². The number of rotatable bonds is 4. The maximum absolute atomic E-state index is 11.4. The Morgan fingerprint density at radius 2 is 1.80 bits per heavy atom. The number of halogens is 1. The highest BCUT2D eigenvalue weighted by atomic mass is 35.5. The minimum Gasteiger partial charge on any atom is -0.458 e. The lowest BCUT2D eigenvalue weighted by atomic mass is 10.2. The summed E-state index contributed by atoms with van der Waals surface area (Å²) >= 11 is 5.16. The number of ether oxygens (including phenoxy) is 2. The second-order valence-electron chi connectivity index (χ2n) is 3.83. The van der Waals surface area contributed by atoms with E-state index in [-0.39, 0.29) is 0 Å². The summed E-state index contributed by atoms with van der Waals surface area (Å²) in [7, 11) is 1.17. The topological polar surface area (TPSA) is 76.5 Å². The lowest BCUT2D eigenvalue weighted by molar-refractivity contribution is -0.168. The zero-order valence-corrected chi connectivity index (χ0v) is 9.84. The summed E-state index contributed by atoms with van der Waals surface area (Å²) in [6, 6.07) is 0. The Hall–Kier alpha value is -0.940. The molecule has 0 heterocycles. The van der Waals surface area contributed by atoms with Crippen LogP contribution in [0.5, 0.6) is 0 Å². The van der Waals surface area contributed by atoms with Gasteiger partial charge in [-0.1, -0.05) is 11.6 Å². The Morgan fingerprint density at radius 1 is 1.33 bits per heavy atom. The van der Waals surface area contributed by atoms with E-state index < -0.39 is 28.6 Å². The molecule has 86 valence electrons. The van der Waals surface area contributed by atoms with Crippen LogP contribution in [0.2, 0.25) is 0 Å². The van der Waals surface area contributed by atoms with E-state index in [0.29, 0.717) is 0 Å². The summed E-state index contributed by atoms with van der Waals surface area (Å²) in [4.78, 5) is 22.6. The summed E-state index contributed by atoms with van der Waals surface area (Å²) in [6.45, 7) is 4.98. The van der Waals surface area contributed by atoms with Crippen molar-refractivity contribution in [3.63, 3.8) is 0 Å². The zero-order chi connectivity index (χ0) is 12.2. The SMILES string of the molecule is COC(C(=O)OC(C)(C)C)C(=O)C(=N)Cl. The van der Waals surface area contributed by atoms with Crippen molar-refractivity contribution in [1.29, 1.82) is 5.41 Å². The number of nitrogens with one attached hydrogen (secondary N) is 1. The predicted octanol–water partition coefficient (Wildman–Crippen LogP) is 1.13. The van der Waals surface area contributed by atoms with Gasteiger partial charge >= 0.3 is 5.97 Å². The largest absolute Gasteiger partial charge is 0.458 e. The molecule has 0 aliphatic carbocycles. The van der Waals surface area contributed by atoms with Gasteiger partial charge in [-0.05, 0) is 20.8 Å². The number of hydrogen-bond donors (Lipinski definition) is 1. The van der Waals surface area contributed by atoms with Gasteiger partial charge in [0.1, 0.15) is 5.60 Å². The Balaban J connectivity index is 4.63. The van der Waals surface area contributed by atoms with Gasteiger partial charge in [0.15, 0.2) is 5.17 Å². The van der Waals surface area contributed by atoms with Crippen LogP contribution in [0.3, 0.4) is 0 Å². The van der Waals surface area contributed by atoms with Crippen molar-refractivity contribution >= 4 is 28.5 Å². The van der Waals surface area contributed by atoms with E-state index in [2.05, 4.69) is 4.74 Å². The Kier molecular flexibility index (Phi) is 4.90. The van der Waals surface area contributed by atoms with Crippen LogP contribution in [0.1, 0.15) is 20.8 Å². The molecule has 0 aromatic rings. The number of Topliss-reactive ketones (excluding diaryl/α,β-unsaturated/α-hetero) is 1. The molecule has 0 saturated heterocycles. The molecule has 0 bridgehead atoms. The molecule has 0 radical (unpaired) electrons. The van der Waals surface area contributed by atoms with Crippen molar-refractivity contribution in [2.45, 2.75) is 32.5 Å². The molecule has 5 nitrogen and oxygen atoms in total. The van der Waals surface area contributed by atoms with Crippen LogP contribution in [0.15, 0.2) is 0 Å². The summed E-state index contributed by atoms with van der Waals surface area (Å²) in [5.41, 5.74) is -0.720. The van der Waals surface area contributed by atoms with Crippen molar-refractivity contribution in [2.24, 2.45) is 0 Å². The number of esters is 1. The second kappa shape index (κ2) is 5.23. The van der Waals surface area contributed by atoms with Crippen molar-refractivity contribution in [1.82, 2.24) is 0 Å². The van der Waals surface area contributed by atoms with E-state index in [1.165, 1.54) is 7.11 Å². The van der Waals surface area contributed by atoms with E-state index in [1.807, 2.05) is 0 Å². The van der Waals surface area contributed by atoms with Gasteiger partial charge in [0.25, 0.3) is 0 Å². The standard InChI is InChI=1S/C9H14ClNO4/c1-9(2,3)15-8(13)6(14-4)5(12)7(10)11/h6,11H,1-4H3. The number of hydrogen-bond acceptors (Lipinski definition) is 5. The smallest absolute Gasteiger partial charge is 0.344 e. The molecule has 0 fully saturated rings. The Bertz CT molecular complexity index is 282. The number of carbonyl (C=O) groups excluding carboxylic acids is 2. The first-order valence-electron chi connectivity index (χ1n) is 4.23. The monoisotopic (exact) mass is 235 g/mol. The highest BCUT2D eigenvalue weighted by molar-refractivity contribution is 6.83. The van der Waals surface area contributed by atoms with Crippen LogP contribution in [-0.2, 0) is 19.1 Å². The molecule has 0 rings (SSSR count). The van der Waals surface area contributed by atoms with Gasteiger partial charge in [0, 0.05) is 7.11 Å². The average Bonchev–Trinajstić information content (AvgIpc) is 2.01. The summed E-state index contributed by atoms with van der Waals surface area (Å²) < 4.78 is 9.55. The third-order valence-corrected chi connectivity index (χ3v) is 1.50. The molecule has 0 saturated carbocycles. The molecule has 0 aliphatic heterocycles. The number of carbonyl (C=O) groups is 2. The first kappa shape index (κ1) is 14.1. The quantitative estimate of drug-likeness (QED) is 0.450. The minimum atomic E-state index is -1.46. The fourth-order valence-electron chi connectivity index (χ4n) is 0.781. The van der Waals surface area contributed by atoms with E-state index >= 15 is 0 Å². The van der Waals surface area contributed by atoms with Crippen LogP contribution >= 0.6 is 11.6 Å². The Labute approximate surface area is 93.2 Å². The normalized spacial score (nSPS) is 13.1. The predicted molar refractivity (Wildman–Crippen MR) is 55.2 cm³/mol. The average molecular weight is 236 g/mol. The van der Waals surface area contributed by atoms with Gasteiger partial charge in [-0.15, -0.1) is 0 Å². The maximum atomic E-state index is 11.4. The zero-order valence-electron chi connectivity index (χ0n) is 9.09. The van der Waals surface area contributed by atoms with Crippen molar-refractivity contribution in [3.8, 4) is 0 Å². The van der Waals surface area contributed by atoms with Gasteiger partial charge in [0.2, 0.25) is 11.9 Å². The van der Waals surface area contributed by atoms with Crippen LogP contribution < -0.4 is 0 Å². The molecule has 1 unspecified atom stereocenters. The number of methoxy groups -OCH3 is 1. The van der Waals surface area contributed by atoms with Crippen LogP contribution in [0.4, 0.5) is 0 Å². The molecule has 0 aromatic carbocycles. The third-order valence-electron chi connectivity index (χ3n) is 1.31. The molecule has 0 aromatic heterocycles. The summed E-state index contributed by atoms with van der Waals surface area (Å²) in [5.74, 6) is -1.76. The lowest BCUT2D eigenvalue weighted by Gasteiger charge is -2.22. The molecule has 15 heavy (non-hydrogen) atoms. The molecule has 0 amide bonds. The van der Waals surface area contributed by atoms with Gasteiger partial charge < -0.3 is 9.47 Å². The van der Waals surface area contributed by atoms with Gasteiger partial charge in [-0.25, -0.2) is 4.79 Å². The molecular weight excluding hydrogens is 222 g/mol. The van der Waals surface area contributed by atoms with Crippen LogP contribution in [0, 0.1) is 5.41 Å². The van der Waals surface area contributed by atoms with Crippen molar-refractivity contribution in [2.75, 3.05) is 7.11 Å². The first-order chi connectivity index (χ1) is 6.69. The summed E-state index contributed by atoms with van der Waals surface area (Å²) in [5, 5.41) is 6.13. The second-order valence-corrected chi connectivity index (χ2v) is 4.21. The van der Waals surface area contributed by atoms with E-state index in [4.69, 9.17) is 21.7 Å². The maximum Gasteiger partial charge on any atom is 0.344 e. The van der Waals surface area contributed by atoms with E-state index in [0.717, 1.165) is 0 Å². The molecule has 0 spiro atoms. The Morgan fingerprint density at radius 3 is 2.07 bits per heavy atom. The molecule has 1 atom stereocenters. The molecule has 6 heteroatoms. The van der Waals surface area contributed by atoms with Gasteiger partial charge in [-0.2, -0.15) is 0 Å². The molecule has 0 aliphatic rings. The lowest BCUT2D eigenvalue weighted by Crippen LogP contribution is -2.40. The molecule has 1 N–H and O–H groups in total.